The van der Waals surface area contributed by atoms with Crippen LogP contribution in [0.25, 0.3) is 0 Å². The average Bonchev–Trinajstić information content (AvgIpc) is 2.16. The standard InChI is InChI=1S/C13H20N2O/c1-9(2)8-11-4-6-12(7-5-11)10(3)15-13(14)16/h4-7,9-10H,8H2,1-3H3,(H3,14,15,16). The van der Waals surface area contributed by atoms with Gasteiger partial charge in [0.1, 0.15) is 0 Å². The second-order valence-corrected chi connectivity index (χ2v) is 4.57. The van der Waals surface area contributed by atoms with E-state index >= 15 is 0 Å². The molecule has 0 radical (unpaired) electrons. The van der Waals surface area contributed by atoms with Crippen LogP contribution in [0.3, 0.4) is 0 Å². The molecule has 0 aliphatic carbocycles. The second kappa shape index (κ2) is 5.54. The van der Waals surface area contributed by atoms with Gasteiger partial charge in [-0.15, -0.1) is 0 Å². The summed E-state index contributed by atoms with van der Waals surface area (Å²) in [6.07, 6.45) is 1.08. The van der Waals surface area contributed by atoms with Gasteiger partial charge in [0.25, 0.3) is 0 Å². The van der Waals surface area contributed by atoms with E-state index in [1.54, 1.807) is 0 Å². The highest BCUT2D eigenvalue weighted by Crippen LogP contribution is 2.15. The topological polar surface area (TPSA) is 55.1 Å². The zero-order valence-electron chi connectivity index (χ0n) is 10.2. The highest BCUT2D eigenvalue weighted by atomic mass is 16.2. The van der Waals surface area contributed by atoms with E-state index in [1.165, 1.54) is 5.56 Å². The number of hydrogen-bond acceptors (Lipinski definition) is 1. The largest absolute Gasteiger partial charge is 0.352 e. The van der Waals surface area contributed by atoms with Crippen molar-refractivity contribution >= 4 is 6.03 Å². The summed E-state index contributed by atoms with van der Waals surface area (Å²) in [5.74, 6) is 0.659. The normalized spacial score (nSPS) is 12.5. The first-order valence-electron chi connectivity index (χ1n) is 5.64. The Hall–Kier alpha value is -1.51. The Morgan fingerprint density at radius 3 is 2.25 bits per heavy atom. The summed E-state index contributed by atoms with van der Waals surface area (Å²) in [6.45, 7) is 6.32. The van der Waals surface area contributed by atoms with Crippen LogP contribution in [0.5, 0.6) is 0 Å². The molecule has 0 spiro atoms. The molecule has 0 saturated heterocycles. The highest BCUT2D eigenvalue weighted by molar-refractivity contribution is 5.72. The van der Waals surface area contributed by atoms with Crippen LogP contribution < -0.4 is 11.1 Å². The van der Waals surface area contributed by atoms with Gasteiger partial charge in [0, 0.05) is 0 Å². The van der Waals surface area contributed by atoms with Crippen LogP contribution in [0.4, 0.5) is 4.79 Å². The molecule has 0 saturated carbocycles. The Bertz CT molecular complexity index is 343. The molecule has 1 unspecified atom stereocenters. The number of urea groups is 1. The zero-order chi connectivity index (χ0) is 12.1. The average molecular weight is 220 g/mol. The summed E-state index contributed by atoms with van der Waals surface area (Å²) < 4.78 is 0. The smallest absolute Gasteiger partial charge is 0.312 e. The minimum atomic E-state index is -0.487. The summed E-state index contributed by atoms with van der Waals surface area (Å²) in [7, 11) is 0. The predicted molar refractivity (Wildman–Crippen MR) is 66.1 cm³/mol. The van der Waals surface area contributed by atoms with Gasteiger partial charge in [0.2, 0.25) is 0 Å². The molecule has 3 N–H and O–H groups in total. The molecule has 3 nitrogen and oxygen atoms in total. The maximum Gasteiger partial charge on any atom is 0.312 e. The first-order valence-corrected chi connectivity index (χ1v) is 5.64. The minimum absolute atomic E-state index is 0.0365. The predicted octanol–water partition coefficient (Wildman–Crippen LogP) is 2.61. The SMILES string of the molecule is CC(C)Cc1ccc(C(C)NC(N)=O)cc1. The number of amides is 2. The van der Waals surface area contributed by atoms with Gasteiger partial charge in [-0.2, -0.15) is 0 Å². The van der Waals surface area contributed by atoms with E-state index in [0.717, 1.165) is 12.0 Å². The molecular formula is C13H20N2O. The van der Waals surface area contributed by atoms with Crippen molar-refractivity contribution in [2.45, 2.75) is 33.2 Å². The van der Waals surface area contributed by atoms with Crippen molar-refractivity contribution in [3.05, 3.63) is 35.4 Å². The Labute approximate surface area is 97.0 Å². The maximum absolute atomic E-state index is 10.7. The molecule has 2 amide bonds. The molecule has 1 rings (SSSR count). The van der Waals surface area contributed by atoms with Crippen LogP contribution in [0.15, 0.2) is 24.3 Å². The van der Waals surface area contributed by atoms with E-state index in [0.29, 0.717) is 5.92 Å². The number of nitrogens with one attached hydrogen (secondary N) is 1. The van der Waals surface area contributed by atoms with E-state index in [9.17, 15) is 4.79 Å². The number of nitrogens with two attached hydrogens (primary N) is 1. The van der Waals surface area contributed by atoms with Gasteiger partial charge < -0.3 is 11.1 Å². The number of carbonyl (C=O) groups is 1. The second-order valence-electron chi connectivity index (χ2n) is 4.57. The van der Waals surface area contributed by atoms with E-state index in [2.05, 4.69) is 31.3 Å². The molecule has 0 bridgehead atoms. The summed E-state index contributed by atoms with van der Waals surface area (Å²) >= 11 is 0. The van der Waals surface area contributed by atoms with E-state index in [1.807, 2.05) is 19.1 Å². The molecule has 1 aromatic carbocycles. The summed E-state index contributed by atoms with van der Waals surface area (Å²) in [4.78, 5) is 10.7. The number of hydrogen-bond donors (Lipinski definition) is 2. The molecule has 0 heterocycles. The third kappa shape index (κ3) is 3.93. The van der Waals surface area contributed by atoms with Crippen LogP contribution in [0.2, 0.25) is 0 Å². The van der Waals surface area contributed by atoms with Crippen molar-refractivity contribution < 1.29 is 4.79 Å². The van der Waals surface area contributed by atoms with Gasteiger partial charge >= 0.3 is 6.03 Å². The molecule has 16 heavy (non-hydrogen) atoms. The third-order valence-electron chi connectivity index (χ3n) is 2.48. The van der Waals surface area contributed by atoms with Crippen molar-refractivity contribution in [2.75, 3.05) is 0 Å². The molecule has 0 aliphatic rings. The molecule has 1 aromatic rings. The van der Waals surface area contributed by atoms with Crippen LogP contribution in [0, 0.1) is 5.92 Å². The van der Waals surface area contributed by atoms with Crippen molar-refractivity contribution in [2.24, 2.45) is 11.7 Å². The number of benzene rings is 1. The summed E-state index contributed by atoms with van der Waals surface area (Å²) in [5.41, 5.74) is 7.48. The van der Waals surface area contributed by atoms with Gasteiger partial charge in [0.05, 0.1) is 6.04 Å². The molecule has 0 aromatic heterocycles. The van der Waals surface area contributed by atoms with Crippen molar-refractivity contribution in [1.29, 1.82) is 0 Å². The summed E-state index contributed by atoms with van der Waals surface area (Å²) in [6, 6.07) is 7.77. The molecule has 3 heteroatoms. The first-order chi connectivity index (χ1) is 7.49. The van der Waals surface area contributed by atoms with Crippen LogP contribution in [0.1, 0.15) is 37.9 Å². The number of rotatable bonds is 4. The Kier molecular flexibility index (Phi) is 4.35. The lowest BCUT2D eigenvalue weighted by Crippen LogP contribution is -2.31. The van der Waals surface area contributed by atoms with E-state index in [4.69, 9.17) is 5.73 Å². The first kappa shape index (κ1) is 12.6. The Balaban J connectivity index is 2.66. The van der Waals surface area contributed by atoms with Gasteiger partial charge in [-0.25, -0.2) is 4.79 Å². The lowest BCUT2D eigenvalue weighted by Gasteiger charge is -2.13. The number of primary amides is 1. The fourth-order valence-corrected chi connectivity index (χ4v) is 1.71. The van der Waals surface area contributed by atoms with Crippen LogP contribution in [-0.2, 0) is 6.42 Å². The molecule has 88 valence electrons. The Morgan fingerprint density at radius 2 is 1.81 bits per heavy atom. The quantitative estimate of drug-likeness (QED) is 0.805. The highest BCUT2D eigenvalue weighted by Gasteiger charge is 2.06. The fraction of sp³-hybridized carbons (Fsp3) is 0.462. The lowest BCUT2D eigenvalue weighted by molar-refractivity contribution is 0.246. The molecule has 0 fully saturated rings. The Morgan fingerprint density at radius 1 is 1.25 bits per heavy atom. The van der Waals surface area contributed by atoms with Gasteiger partial charge in [-0.3, -0.25) is 0 Å². The van der Waals surface area contributed by atoms with Gasteiger partial charge in [-0.1, -0.05) is 38.1 Å². The minimum Gasteiger partial charge on any atom is -0.352 e. The molecule has 1 atom stereocenters. The molecular weight excluding hydrogens is 200 g/mol. The van der Waals surface area contributed by atoms with Crippen LogP contribution >= 0.6 is 0 Å². The van der Waals surface area contributed by atoms with Gasteiger partial charge in [-0.05, 0) is 30.4 Å². The van der Waals surface area contributed by atoms with Gasteiger partial charge in [0.15, 0.2) is 0 Å². The van der Waals surface area contributed by atoms with Crippen molar-refractivity contribution in [1.82, 2.24) is 5.32 Å². The van der Waals surface area contributed by atoms with Crippen molar-refractivity contribution in [3.8, 4) is 0 Å². The monoisotopic (exact) mass is 220 g/mol. The third-order valence-corrected chi connectivity index (χ3v) is 2.48. The zero-order valence-corrected chi connectivity index (χ0v) is 10.2. The number of carbonyl (C=O) groups excluding carboxylic acids is 1. The summed E-state index contributed by atoms with van der Waals surface area (Å²) in [5, 5.41) is 2.66. The van der Waals surface area contributed by atoms with Crippen molar-refractivity contribution in [3.63, 3.8) is 0 Å². The maximum atomic E-state index is 10.7. The molecule has 0 aliphatic heterocycles. The van der Waals surface area contributed by atoms with E-state index in [-0.39, 0.29) is 6.04 Å². The van der Waals surface area contributed by atoms with Crippen LogP contribution in [-0.4, -0.2) is 6.03 Å². The fourth-order valence-electron chi connectivity index (χ4n) is 1.71. The lowest BCUT2D eigenvalue weighted by atomic mass is 10.00. The van der Waals surface area contributed by atoms with E-state index < -0.39 is 6.03 Å².